The number of hydrogen-bond donors (Lipinski definition) is 13. The van der Waals surface area contributed by atoms with Gasteiger partial charge in [-0.2, -0.15) is 0 Å². The van der Waals surface area contributed by atoms with Crippen molar-refractivity contribution in [2.45, 2.75) is 123 Å². The molecule has 4 rings (SSSR count). The first-order chi connectivity index (χ1) is 19.7. The van der Waals surface area contributed by atoms with Crippen LogP contribution in [0.5, 0.6) is 0 Å². The van der Waals surface area contributed by atoms with Crippen molar-refractivity contribution in [3.8, 4) is 0 Å². The molecule has 2 aliphatic heterocycles. The van der Waals surface area contributed by atoms with E-state index in [2.05, 4.69) is 10.6 Å². The standard InChI is InChI=1S/C25H48N6O11/c1-2-30-6-11-17(34)19(36)15(29)22(40-11)13-9(27)3-10(31-24(38)25(39)4-8(26)5-25)21(18(13)35)42-23-20(37)14(28)16(33)12(7-32)41-23/h8-23,30,32-37,39H,2-7,26-29H2,1H3,(H,31,38)/t8?,9-,10+,11+,12+,13?,14-,15+,16+,17+,18-,19+,20+,21-,22+,23+,25?/m0/s1. The lowest BCUT2D eigenvalue weighted by atomic mass is 9.71. The van der Waals surface area contributed by atoms with Crippen molar-refractivity contribution >= 4 is 5.91 Å². The molecule has 2 aliphatic carbocycles. The Labute approximate surface area is 243 Å². The summed E-state index contributed by atoms with van der Waals surface area (Å²) in [5.74, 6) is -1.75. The number of carbonyl (C=O) groups excluding carboxylic acids is 1. The van der Waals surface area contributed by atoms with E-state index in [4.69, 9.17) is 37.1 Å². The monoisotopic (exact) mass is 608 g/mol. The molecule has 42 heavy (non-hydrogen) atoms. The Morgan fingerprint density at radius 2 is 1.60 bits per heavy atom. The van der Waals surface area contributed by atoms with E-state index >= 15 is 0 Å². The van der Waals surface area contributed by atoms with Crippen LogP contribution in [-0.4, -0.2) is 158 Å². The van der Waals surface area contributed by atoms with Gasteiger partial charge in [-0.3, -0.25) is 4.79 Å². The minimum Gasteiger partial charge on any atom is -0.394 e. The molecule has 0 radical (unpaired) electrons. The van der Waals surface area contributed by atoms with Gasteiger partial charge in [-0.25, -0.2) is 0 Å². The van der Waals surface area contributed by atoms with Crippen molar-refractivity contribution in [2.75, 3.05) is 19.7 Å². The van der Waals surface area contributed by atoms with E-state index in [0.29, 0.717) is 6.54 Å². The SMILES string of the molecule is CCNC[C@H]1O[C@H](C2[C@@H](N)C[C@@H](NC(=O)C3(O)CC(N)C3)[C@H](O[C@H]3O[C@H](CO)[C@@H](O)[C@H](N)[C@H]3O)[C@H]2O)[C@H](N)[C@@H](O)[C@@H]1O. The number of aliphatic hydroxyl groups excluding tert-OH is 6. The number of carbonyl (C=O) groups is 1. The molecule has 0 bridgehead atoms. The Bertz CT molecular complexity index is 916. The molecule has 4 aliphatic rings. The van der Waals surface area contributed by atoms with Gasteiger partial charge in [0.15, 0.2) is 6.29 Å². The summed E-state index contributed by atoms with van der Waals surface area (Å²) in [5.41, 5.74) is 22.8. The lowest BCUT2D eigenvalue weighted by molar-refractivity contribution is -0.307. The van der Waals surface area contributed by atoms with Gasteiger partial charge in [-0.05, 0) is 13.0 Å². The lowest BCUT2D eigenvalue weighted by Gasteiger charge is -2.52. The zero-order valence-electron chi connectivity index (χ0n) is 23.6. The van der Waals surface area contributed by atoms with Gasteiger partial charge in [-0.1, -0.05) is 6.92 Å². The lowest BCUT2D eigenvalue weighted by Crippen LogP contribution is -2.73. The summed E-state index contributed by atoms with van der Waals surface area (Å²) in [6, 6.07) is -4.70. The highest BCUT2D eigenvalue weighted by Crippen LogP contribution is 2.38. The third-order valence-electron chi connectivity index (χ3n) is 9.13. The van der Waals surface area contributed by atoms with E-state index in [9.17, 15) is 40.5 Å². The molecule has 17 nitrogen and oxygen atoms in total. The molecule has 0 aromatic carbocycles. The zero-order valence-corrected chi connectivity index (χ0v) is 23.6. The molecular formula is C25H48N6O11. The first-order valence-electron chi connectivity index (χ1n) is 14.5. The number of nitrogens with one attached hydrogen (secondary N) is 2. The molecule has 244 valence electrons. The predicted octanol–water partition coefficient (Wildman–Crippen LogP) is -7.39. The summed E-state index contributed by atoms with van der Waals surface area (Å²) in [4.78, 5) is 13.1. The second kappa shape index (κ2) is 13.5. The van der Waals surface area contributed by atoms with Crippen molar-refractivity contribution in [2.24, 2.45) is 28.9 Å². The quantitative estimate of drug-likeness (QED) is 0.116. The summed E-state index contributed by atoms with van der Waals surface area (Å²) in [5, 5.41) is 80.0. The number of ether oxygens (including phenoxy) is 3. The van der Waals surface area contributed by atoms with Crippen LogP contribution in [0.4, 0.5) is 0 Å². The molecule has 0 aromatic rings. The molecule has 15 atom stereocenters. The summed E-state index contributed by atoms with van der Waals surface area (Å²) >= 11 is 0. The van der Waals surface area contributed by atoms with Crippen molar-refractivity contribution < 1.29 is 54.8 Å². The first kappa shape index (κ1) is 33.8. The van der Waals surface area contributed by atoms with Crippen LogP contribution in [0.3, 0.4) is 0 Å². The van der Waals surface area contributed by atoms with Crippen LogP contribution in [0.15, 0.2) is 0 Å². The summed E-state index contributed by atoms with van der Waals surface area (Å²) in [6.45, 7) is 1.96. The molecule has 17 N–H and O–H groups in total. The Hall–Kier alpha value is -1.13. The summed E-state index contributed by atoms with van der Waals surface area (Å²) in [7, 11) is 0. The van der Waals surface area contributed by atoms with Gasteiger partial charge in [0, 0.05) is 37.4 Å². The zero-order chi connectivity index (χ0) is 31.1. The molecule has 4 fully saturated rings. The van der Waals surface area contributed by atoms with Crippen LogP contribution >= 0.6 is 0 Å². The second-order valence-corrected chi connectivity index (χ2v) is 12.1. The van der Waals surface area contributed by atoms with Gasteiger partial charge in [0.05, 0.1) is 43.0 Å². The molecular weight excluding hydrogens is 560 g/mol. The van der Waals surface area contributed by atoms with Crippen LogP contribution in [0, 0.1) is 5.92 Å². The van der Waals surface area contributed by atoms with Gasteiger partial charge < -0.3 is 83.5 Å². The van der Waals surface area contributed by atoms with Crippen LogP contribution in [0.2, 0.25) is 0 Å². The molecule has 17 heteroatoms. The molecule has 0 aromatic heterocycles. The molecule has 2 heterocycles. The third-order valence-corrected chi connectivity index (χ3v) is 9.13. The molecule has 0 spiro atoms. The molecule has 2 saturated heterocycles. The Balaban J connectivity index is 1.61. The van der Waals surface area contributed by atoms with E-state index in [1.165, 1.54) is 0 Å². The van der Waals surface area contributed by atoms with Crippen LogP contribution in [0.1, 0.15) is 26.2 Å². The smallest absolute Gasteiger partial charge is 0.252 e. The van der Waals surface area contributed by atoms with Gasteiger partial charge >= 0.3 is 0 Å². The average Bonchev–Trinajstić information content (AvgIpc) is 2.93. The van der Waals surface area contributed by atoms with Crippen molar-refractivity contribution in [1.82, 2.24) is 10.6 Å². The predicted molar refractivity (Wildman–Crippen MR) is 144 cm³/mol. The molecule has 2 saturated carbocycles. The van der Waals surface area contributed by atoms with Gasteiger partial charge in [0.2, 0.25) is 0 Å². The molecule has 1 unspecified atom stereocenters. The number of nitrogens with two attached hydrogens (primary N) is 4. The van der Waals surface area contributed by atoms with Gasteiger partial charge in [0.25, 0.3) is 5.91 Å². The van der Waals surface area contributed by atoms with Crippen LogP contribution in [0.25, 0.3) is 0 Å². The Morgan fingerprint density at radius 3 is 2.19 bits per heavy atom. The Kier molecular flexibility index (Phi) is 10.8. The number of rotatable bonds is 9. The van der Waals surface area contributed by atoms with Crippen molar-refractivity contribution in [3.63, 3.8) is 0 Å². The van der Waals surface area contributed by atoms with Crippen molar-refractivity contribution in [3.05, 3.63) is 0 Å². The Morgan fingerprint density at radius 1 is 0.929 bits per heavy atom. The van der Waals surface area contributed by atoms with Crippen LogP contribution < -0.4 is 33.6 Å². The first-order valence-corrected chi connectivity index (χ1v) is 14.5. The average molecular weight is 609 g/mol. The number of hydrogen-bond acceptors (Lipinski definition) is 16. The second-order valence-electron chi connectivity index (χ2n) is 12.1. The highest BCUT2D eigenvalue weighted by atomic mass is 16.7. The van der Waals surface area contributed by atoms with E-state index in [-0.39, 0.29) is 31.8 Å². The number of aliphatic hydroxyl groups is 7. The highest BCUT2D eigenvalue weighted by Gasteiger charge is 2.56. The van der Waals surface area contributed by atoms with Crippen LogP contribution in [-0.2, 0) is 19.0 Å². The van der Waals surface area contributed by atoms with Gasteiger partial charge in [-0.15, -0.1) is 0 Å². The van der Waals surface area contributed by atoms with E-state index in [0.717, 1.165) is 0 Å². The fourth-order valence-electron chi connectivity index (χ4n) is 6.55. The third kappa shape index (κ3) is 6.46. The van der Waals surface area contributed by atoms with E-state index < -0.39 is 109 Å². The summed E-state index contributed by atoms with van der Waals surface area (Å²) in [6.07, 6.45) is -13.3. The molecule has 1 amide bonds. The topological polar surface area (TPSA) is 315 Å². The highest BCUT2D eigenvalue weighted by molar-refractivity contribution is 5.86. The maximum absolute atomic E-state index is 13.1. The minimum atomic E-state index is -1.72. The minimum absolute atomic E-state index is 0.0235. The number of amides is 1. The van der Waals surface area contributed by atoms with E-state index in [1.54, 1.807) is 0 Å². The summed E-state index contributed by atoms with van der Waals surface area (Å²) < 4.78 is 17.7. The fraction of sp³-hybridized carbons (Fsp3) is 0.960. The van der Waals surface area contributed by atoms with Gasteiger partial charge in [0.1, 0.15) is 42.2 Å². The number of likely N-dealkylation sites (N-methyl/N-ethyl adjacent to an activating group) is 1. The normalized spacial score (nSPS) is 51.5. The van der Waals surface area contributed by atoms with E-state index in [1.807, 2.05) is 6.92 Å². The fourth-order valence-corrected chi connectivity index (χ4v) is 6.55. The maximum Gasteiger partial charge on any atom is 0.252 e. The van der Waals surface area contributed by atoms with Crippen molar-refractivity contribution in [1.29, 1.82) is 0 Å². The largest absolute Gasteiger partial charge is 0.394 e. The maximum atomic E-state index is 13.1.